The molecule has 37 heavy (non-hydrogen) atoms. The number of aryl methyl sites for hydroxylation is 2. The van der Waals surface area contributed by atoms with Gasteiger partial charge in [0, 0.05) is 32.1 Å². The normalized spacial score (nSPS) is 17.6. The van der Waals surface area contributed by atoms with E-state index in [1.54, 1.807) is 0 Å². The molecule has 1 saturated carbocycles. The molecule has 0 bridgehead atoms. The quantitative estimate of drug-likeness (QED) is 0.274. The van der Waals surface area contributed by atoms with Crippen LogP contribution in [0.15, 0.2) is 78.9 Å². The number of nitrogens with one attached hydrogen (secondary N) is 2. The fourth-order valence-corrected chi connectivity index (χ4v) is 5.47. The van der Waals surface area contributed by atoms with Gasteiger partial charge >= 0.3 is 0 Å². The highest BCUT2D eigenvalue weighted by molar-refractivity contribution is 5.90. The lowest BCUT2D eigenvalue weighted by Gasteiger charge is -2.29. The fourth-order valence-electron chi connectivity index (χ4n) is 5.47. The van der Waals surface area contributed by atoms with Crippen molar-refractivity contribution in [1.82, 2.24) is 15.3 Å². The molecule has 1 aromatic heterocycles. The Morgan fingerprint density at radius 3 is 2.24 bits per heavy atom. The van der Waals surface area contributed by atoms with Crippen molar-refractivity contribution in [2.45, 2.75) is 51.1 Å². The van der Waals surface area contributed by atoms with Gasteiger partial charge in [-0.3, -0.25) is 0 Å². The Kier molecular flexibility index (Phi) is 8.32. The number of hydrogen-bond donors (Lipinski definition) is 2. The van der Waals surface area contributed by atoms with E-state index in [4.69, 9.17) is 9.97 Å². The van der Waals surface area contributed by atoms with Crippen molar-refractivity contribution in [1.29, 1.82) is 0 Å². The van der Waals surface area contributed by atoms with Crippen molar-refractivity contribution in [2.75, 3.05) is 30.9 Å². The van der Waals surface area contributed by atoms with Gasteiger partial charge in [0.15, 0.2) is 0 Å². The van der Waals surface area contributed by atoms with Crippen LogP contribution in [0.1, 0.15) is 42.4 Å². The number of benzene rings is 3. The smallest absolute Gasteiger partial charge is 0.225 e. The van der Waals surface area contributed by atoms with Crippen LogP contribution >= 0.6 is 0 Å². The van der Waals surface area contributed by atoms with Crippen LogP contribution in [0.25, 0.3) is 10.9 Å². The molecular weight excluding hydrogens is 454 g/mol. The second-order valence-electron chi connectivity index (χ2n) is 10.5. The highest BCUT2D eigenvalue weighted by Gasteiger charge is 2.22. The van der Waals surface area contributed by atoms with Gasteiger partial charge in [0.1, 0.15) is 5.82 Å². The van der Waals surface area contributed by atoms with Crippen molar-refractivity contribution in [2.24, 2.45) is 5.92 Å². The van der Waals surface area contributed by atoms with E-state index in [9.17, 15) is 0 Å². The van der Waals surface area contributed by atoms with Crippen LogP contribution in [0.4, 0.5) is 11.8 Å². The lowest BCUT2D eigenvalue weighted by Crippen LogP contribution is -2.31. The largest absolute Gasteiger partial charge is 0.362 e. The molecule has 0 saturated heterocycles. The molecule has 1 aliphatic rings. The van der Waals surface area contributed by atoms with Crippen molar-refractivity contribution in [3.8, 4) is 0 Å². The maximum absolute atomic E-state index is 4.83. The SMILES string of the molecule is CN(C)c1nc(N[C@H]2CC[C@@H](CNCc3ccccc3CCc3ccccc3)CC2)nc2ccccc12. The number of hydrogen-bond acceptors (Lipinski definition) is 5. The van der Waals surface area contributed by atoms with Crippen LogP contribution in [-0.2, 0) is 19.4 Å². The van der Waals surface area contributed by atoms with Gasteiger partial charge < -0.3 is 15.5 Å². The number of anilines is 2. The summed E-state index contributed by atoms with van der Waals surface area (Å²) >= 11 is 0. The zero-order chi connectivity index (χ0) is 25.5. The van der Waals surface area contributed by atoms with E-state index in [0.29, 0.717) is 6.04 Å². The summed E-state index contributed by atoms with van der Waals surface area (Å²) < 4.78 is 0. The first-order valence-electron chi connectivity index (χ1n) is 13.7. The summed E-state index contributed by atoms with van der Waals surface area (Å²) in [5.74, 6) is 2.44. The predicted molar refractivity (Wildman–Crippen MR) is 155 cm³/mol. The average Bonchev–Trinajstić information content (AvgIpc) is 2.93. The Morgan fingerprint density at radius 2 is 1.46 bits per heavy atom. The molecule has 0 unspecified atom stereocenters. The first-order valence-corrected chi connectivity index (χ1v) is 13.7. The highest BCUT2D eigenvalue weighted by Crippen LogP contribution is 2.28. The standard InChI is InChI=1S/C32H39N5/c1-37(2)31-29-14-8-9-15-30(29)35-32(36-31)34-28-20-17-25(18-21-28)22-33-23-27-13-7-6-12-26(27)19-16-24-10-4-3-5-11-24/h3-15,25,28,33H,16-23H2,1-2H3,(H,34,35,36)/t25-,28+. The van der Waals surface area contributed by atoms with E-state index in [-0.39, 0.29) is 0 Å². The van der Waals surface area contributed by atoms with Gasteiger partial charge in [0.2, 0.25) is 5.95 Å². The lowest BCUT2D eigenvalue weighted by atomic mass is 9.86. The van der Waals surface area contributed by atoms with Crippen LogP contribution in [0.3, 0.4) is 0 Å². The van der Waals surface area contributed by atoms with Gasteiger partial charge in [-0.25, -0.2) is 4.98 Å². The Morgan fingerprint density at radius 1 is 0.757 bits per heavy atom. The van der Waals surface area contributed by atoms with Crippen molar-refractivity contribution < 1.29 is 0 Å². The van der Waals surface area contributed by atoms with E-state index in [1.165, 1.54) is 29.5 Å². The molecule has 5 rings (SSSR count). The highest BCUT2D eigenvalue weighted by atomic mass is 15.2. The van der Waals surface area contributed by atoms with Crippen LogP contribution in [0.5, 0.6) is 0 Å². The minimum absolute atomic E-state index is 0.436. The number of fused-ring (bicyclic) bond motifs is 1. The molecule has 0 amide bonds. The van der Waals surface area contributed by atoms with Crippen molar-refractivity contribution >= 4 is 22.7 Å². The van der Waals surface area contributed by atoms with Gasteiger partial charge in [-0.05, 0) is 79.8 Å². The summed E-state index contributed by atoms with van der Waals surface area (Å²) in [7, 11) is 4.08. The zero-order valence-corrected chi connectivity index (χ0v) is 22.2. The minimum Gasteiger partial charge on any atom is -0.362 e. The number of nitrogens with zero attached hydrogens (tertiary/aromatic N) is 3. The maximum Gasteiger partial charge on any atom is 0.225 e. The summed E-state index contributed by atoms with van der Waals surface area (Å²) in [5, 5.41) is 8.49. The fraction of sp³-hybridized carbons (Fsp3) is 0.375. The summed E-state index contributed by atoms with van der Waals surface area (Å²) in [6.45, 7) is 2.03. The summed E-state index contributed by atoms with van der Waals surface area (Å²) in [4.78, 5) is 11.7. The lowest BCUT2D eigenvalue weighted by molar-refractivity contribution is 0.323. The van der Waals surface area contributed by atoms with Crippen LogP contribution in [-0.4, -0.2) is 36.6 Å². The first-order chi connectivity index (χ1) is 18.2. The molecule has 5 heteroatoms. The molecule has 5 nitrogen and oxygen atoms in total. The van der Waals surface area contributed by atoms with Crippen molar-refractivity contribution in [3.05, 3.63) is 95.6 Å². The van der Waals surface area contributed by atoms with Gasteiger partial charge in [0.25, 0.3) is 0 Å². The summed E-state index contributed by atoms with van der Waals surface area (Å²) in [6, 6.07) is 28.4. The van der Waals surface area contributed by atoms with E-state index in [1.807, 2.05) is 26.2 Å². The van der Waals surface area contributed by atoms with Crippen LogP contribution < -0.4 is 15.5 Å². The molecular formula is C32H39N5. The second kappa shape index (κ2) is 12.2. The maximum atomic E-state index is 4.83. The predicted octanol–water partition coefficient (Wildman–Crippen LogP) is 6.24. The van der Waals surface area contributed by atoms with Gasteiger partial charge in [-0.1, -0.05) is 66.7 Å². The third-order valence-corrected chi connectivity index (χ3v) is 7.58. The Labute approximate surface area is 221 Å². The van der Waals surface area contributed by atoms with E-state index in [0.717, 1.165) is 67.4 Å². The monoisotopic (exact) mass is 493 g/mol. The third kappa shape index (κ3) is 6.66. The van der Waals surface area contributed by atoms with E-state index < -0.39 is 0 Å². The Hall–Kier alpha value is -3.44. The van der Waals surface area contributed by atoms with E-state index in [2.05, 4.69) is 82.3 Å². The molecule has 0 atom stereocenters. The average molecular weight is 494 g/mol. The molecule has 0 radical (unpaired) electrons. The molecule has 1 heterocycles. The molecule has 1 aliphatic carbocycles. The molecule has 0 spiro atoms. The summed E-state index contributed by atoms with van der Waals surface area (Å²) in [5.41, 5.74) is 5.28. The Balaban J connectivity index is 1.10. The zero-order valence-electron chi connectivity index (χ0n) is 22.2. The van der Waals surface area contributed by atoms with Crippen LogP contribution in [0.2, 0.25) is 0 Å². The Bertz CT molecular complexity index is 1280. The molecule has 1 fully saturated rings. The van der Waals surface area contributed by atoms with E-state index >= 15 is 0 Å². The van der Waals surface area contributed by atoms with Crippen molar-refractivity contribution in [3.63, 3.8) is 0 Å². The topological polar surface area (TPSA) is 53.1 Å². The number of para-hydroxylation sites is 1. The third-order valence-electron chi connectivity index (χ3n) is 7.58. The molecule has 192 valence electrons. The molecule has 0 aliphatic heterocycles. The number of rotatable bonds is 10. The van der Waals surface area contributed by atoms with Gasteiger partial charge in [-0.15, -0.1) is 0 Å². The summed E-state index contributed by atoms with van der Waals surface area (Å²) in [6.07, 6.45) is 6.96. The molecule has 4 aromatic rings. The second-order valence-corrected chi connectivity index (χ2v) is 10.5. The molecule has 2 N–H and O–H groups in total. The molecule has 3 aromatic carbocycles. The minimum atomic E-state index is 0.436. The van der Waals surface area contributed by atoms with Gasteiger partial charge in [0.05, 0.1) is 5.52 Å². The number of aromatic nitrogens is 2. The van der Waals surface area contributed by atoms with Crippen LogP contribution in [0, 0.1) is 5.92 Å². The van der Waals surface area contributed by atoms with Gasteiger partial charge in [-0.2, -0.15) is 4.98 Å². The first kappa shape index (κ1) is 25.2.